The molecule has 1 atom stereocenters. The van der Waals surface area contributed by atoms with Crippen molar-refractivity contribution in [3.8, 4) is 17.0 Å². The number of carbonyl (C=O) groups excluding carboxylic acids is 2. The normalized spacial score (nSPS) is 12.5. The topological polar surface area (TPSA) is 138 Å². The second kappa shape index (κ2) is 9.74. The fourth-order valence-electron chi connectivity index (χ4n) is 2.98. The molecule has 3 rings (SSSR count). The van der Waals surface area contributed by atoms with Crippen molar-refractivity contribution in [3.63, 3.8) is 0 Å². The van der Waals surface area contributed by atoms with Crippen LogP contribution in [0.5, 0.6) is 5.75 Å². The predicted octanol–water partition coefficient (Wildman–Crippen LogP) is 2.28. The van der Waals surface area contributed by atoms with Crippen molar-refractivity contribution in [2.75, 3.05) is 31.9 Å². The predicted molar refractivity (Wildman–Crippen MR) is 124 cm³/mol. The van der Waals surface area contributed by atoms with E-state index >= 15 is 0 Å². The zero-order valence-electron chi connectivity index (χ0n) is 18.7. The molecule has 3 aromatic rings. The first kappa shape index (κ1) is 23.8. The fraction of sp³-hybridized carbons (Fsp3) is 0.227. The molecular formula is C22H24N6O4S. The van der Waals surface area contributed by atoms with Crippen LogP contribution in [0.2, 0.25) is 0 Å². The molecule has 0 spiro atoms. The number of nitrogens with zero attached hydrogens (tertiary/aromatic N) is 4. The lowest BCUT2D eigenvalue weighted by atomic mass is 10.1. The van der Waals surface area contributed by atoms with Crippen LogP contribution in [0.25, 0.3) is 11.3 Å². The molecule has 2 amide bonds. The smallest absolute Gasteiger partial charge is 0.289 e. The van der Waals surface area contributed by atoms with Gasteiger partial charge in [-0.25, -0.2) is 23.9 Å². The molecule has 10 nitrogen and oxygen atoms in total. The van der Waals surface area contributed by atoms with Crippen LogP contribution < -0.4 is 15.0 Å². The van der Waals surface area contributed by atoms with Crippen molar-refractivity contribution < 1.29 is 18.5 Å². The third kappa shape index (κ3) is 5.50. The first-order valence-electron chi connectivity index (χ1n) is 9.83. The van der Waals surface area contributed by atoms with Gasteiger partial charge in [0.15, 0.2) is 11.6 Å². The maximum Gasteiger partial charge on any atom is 0.289 e. The zero-order chi connectivity index (χ0) is 24.2. The molecule has 1 aromatic carbocycles. The highest BCUT2D eigenvalue weighted by atomic mass is 32.2. The van der Waals surface area contributed by atoms with Gasteiger partial charge in [-0.2, -0.15) is 0 Å². The molecule has 2 aromatic heterocycles. The van der Waals surface area contributed by atoms with Crippen molar-refractivity contribution in [1.29, 1.82) is 4.78 Å². The van der Waals surface area contributed by atoms with E-state index in [1.165, 1.54) is 31.5 Å². The summed E-state index contributed by atoms with van der Waals surface area (Å²) in [6.07, 6.45) is 4.09. The van der Waals surface area contributed by atoms with E-state index in [1.54, 1.807) is 36.5 Å². The molecule has 0 radical (unpaired) electrons. The summed E-state index contributed by atoms with van der Waals surface area (Å²) in [7, 11) is -0.127. The minimum Gasteiger partial charge on any atom is -0.493 e. The van der Waals surface area contributed by atoms with Crippen LogP contribution in [0, 0.1) is 11.7 Å². The van der Waals surface area contributed by atoms with Crippen molar-refractivity contribution in [2.45, 2.75) is 11.8 Å². The Morgan fingerprint density at radius 1 is 1.18 bits per heavy atom. The van der Waals surface area contributed by atoms with Gasteiger partial charge < -0.3 is 10.1 Å². The summed E-state index contributed by atoms with van der Waals surface area (Å²) in [4.78, 5) is 39.1. The first-order chi connectivity index (χ1) is 15.6. The van der Waals surface area contributed by atoms with Gasteiger partial charge >= 0.3 is 0 Å². The second-order valence-electron chi connectivity index (χ2n) is 7.29. The van der Waals surface area contributed by atoms with E-state index in [9.17, 15) is 13.8 Å². The SMILES string of the molecule is COc1cc(C)cnc1N(C)C(=O)CNC(=O)c1ncc(S(C)(=N)=O)c(-c2ccccc2)n1. The highest BCUT2D eigenvalue weighted by Gasteiger charge is 2.21. The number of nitrogens with one attached hydrogen (secondary N) is 2. The third-order valence-electron chi connectivity index (χ3n) is 4.71. The molecule has 0 bridgehead atoms. The van der Waals surface area contributed by atoms with Gasteiger partial charge in [0, 0.05) is 31.3 Å². The van der Waals surface area contributed by atoms with Crippen LogP contribution in [-0.2, 0) is 14.5 Å². The number of anilines is 1. The molecule has 0 aliphatic rings. The van der Waals surface area contributed by atoms with Gasteiger partial charge in [-0.15, -0.1) is 0 Å². The number of rotatable bonds is 7. The van der Waals surface area contributed by atoms with Crippen molar-refractivity contribution in [2.24, 2.45) is 0 Å². The lowest BCUT2D eigenvalue weighted by Crippen LogP contribution is -2.39. The average molecular weight is 469 g/mol. The number of aromatic nitrogens is 3. The summed E-state index contributed by atoms with van der Waals surface area (Å²) in [5.74, 6) is -0.565. The molecule has 0 aliphatic carbocycles. The Bertz CT molecular complexity index is 1300. The Balaban J connectivity index is 1.80. The summed E-state index contributed by atoms with van der Waals surface area (Å²) in [5.41, 5.74) is 1.71. The molecule has 0 fully saturated rings. The third-order valence-corrected chi connectivity index (χ3v) is 5.84. The number of amides is 2. The molecule has 0 saturated heterocycles. The number of aryl methyl sites for hydroxylation is 1. The number of methoxy groups -OCH3 is 1. The van der Waals surface area contributed by atoms with Crippen LogP contribution in [0.15, 0.2) is 53.7 Å². The van der Waals surface area contributed by atoms with Gasteiger partial charge in [0.2, 0.25) is 11.7 Å². The van der Waals surface area contributed by atoms with Gasteiger partial charge in [-0.3, -0.25) is 14.5 Å². The first-order valence-corrected chi connectivity index (χ1v) is 11.8. The Hall–Kier alpha value is -3.86. The maximum absolute atomic E-state index is 12.7. The number of carbonyl (C=O) groups is 2. The van der Waals surface area contributed by atoms with Gasteiger partial charge in [0.25, 0.3) is 5.91 Å². The van der Waals surface area contributed by atoms with Crippen LogP contribution in [0.1, 0.15) is 16.2 Å². The highest BCUT2D eigenvalue weighted by Crippen LogP contribution is 2.26. The monoisotopic (exact) mass is 468 g/mol. The summed E-state index contributed by atoms with van der Waals surface area (Å²) in [6.45, 7) is 1.52. The standard InChI is InChI=1S/C22H24N6O4S/c1-14-10-16(32-3)21(25-11-14)28(2)18(29)13-26-22(30)20-24-12-17(33(4,23)31)19(27-20)15-8-6-5-7-9-15/h5-12,23H,13H2,1-4H3,(H,26,30). The Morgan fingerprint density at radius 2 is 1.88 bits per heavy atom. The molecule has 0 saturated carbocycles. The van der Waals surface area contributed by atoms with Crippen LogP contribution in [0.4, 0.5) is 5.82 Å². The lowest BCUT2D eigenvalue weighted by molar-refractivity contribution is -0.117. The highest BCUT2D eigenvalue weighted by molar-refractivity contribution is 7.91. The van der Waals surface area contributed by atoms with Gasteiger partial charge in [0.05, 0.1) is 34.0 Å². The van der Waals surface area contributed by atoms with Crippen LogP contribution >= 0.6 is 0 Å². The largest absolute Gasteiger partial charge is 0.493 e. The minimum atomic E-state index is -3.14. The molecule has 2 N–H and O–H groups in total. The van der Waals surface area contributed by atoms with Crippen molar-refractivity contribution in [1.82, 2.24) is 20.3 Å². The van der Waals surface area contributed by atoms with Gasteiger partial charge in [-0.1, -0.05) is 30.3 Å². The molecule has 0 aliphatic heterocycles. The number of pyridine rings is 1. The van der Waals surface area contributed by atoms with Gasteiger partial charge in [-0.05, 0) is 18.6 Å². The van der Waals surface area contributed by atoms with E-state index in [1.807, 2.05) is 13.0 Å². The number of hydrogen-bond donors (Lipinski definition) is 2. The Morgan fingerprint density at radius 3 is 2.52 bits per heavy atom. The van der Waals surface area contributed by atoms with E-state index in [0.29, 0.717) is 17.1 Å². The number of hydrogen-bond acceptors (Lipinski definition) is 8. The van der Waals surface area contributed by atoms with E-state index in [4.69, 9.17) is 9.52 Å². The lowest BCUT2D eigenvalue weighted by Gasteiger charge is -2.19. The molecule has 172 valence electrons. The summed E-state index contributed by atoms with van der Waals surface area (Å²) in [5, 5.41) is 2.49. The number of benzene rings is 1. The van der Waals surface area contributed by atoms with E-state index in [2.05, 4.69) is 20.3 Å². The average Bonchev–Trinajstić information content (AvgIpc) is 2.81. The van der Waals surface area contributed by atoms with E-state index < -0.39 is 21.5 Å². The van der Waals surface area contributed by atoms with Crippen molar-refractivity contribution in [3.05, 3.63) is 60.2 Å². The van der Waals surface area contributed by atoms with Crippen LogP contribution in [-0.4, -0.2) is 57.9 Å². The molecule has 1 unspecified atom stereocenters. The summed E-state index contributed by atoms with van der Waals surface area (Å²) in [6, 6.07) is 10.6. The summed E-state index contributed by atoms with van der Waals surface area (Å²) >= 11 is 0. The molecular weight excluding hydrogens is 444 g/mol. The van der Waals surface area contributed by atoms with Crippen LogP contribution in [0.3, 0.4) is 0 Å². The Labute approximate surface area is 192 Å². The number of likely N-dealkylation sites (N-methyl/N-ethyl adjacent to an activating group) is 1. The fourth-order valence-corrected chi connectivity index (χ4v) is 3.76. The molecule has 33 heavy (non-hydrogen) atoms. The zero-order valence-corrected chi connectivity index (χ0v) is 19.5. The van der Waals surface area contributed by atoms with E-state index in [-0.39, 0.29) is 23.0 Å². The molecule has 11 heteroatoms. The number of ether oxygens (including phenoxy) is 1. The van der Waals surface area contributed by atoms with Crippen molar-refractivity contribution >= 4 is 27.4 Å². The quantitative estimate of drug-likeness (QED) is 0.542. The Kier molecular flexibility index (Phi) is 7.02. The second-order valence-corrected chi connectivity index (χ2v) is 9.42. The molecule has 2 heterocycles. The van der Waals surface area contributed by atoms with Gasteiger partial charge in [0.1, 0.15) is 0 Å². The maximum atomic E-state index is 12.7. The summed E-state index contributed by atoms with van der Waals surface area (Å²) < 4.78 is 25.6. The van der Waals surface area contributed by atoms with E-state index in [0.717, 1.165) is 5.56 Å². The minimum absolute atomic E-state index is 0.124.